The van der Waals surface area contributed by atoms with Gasteiger partial charge in [-0.25, -0.2) is 0 Å². The van der Waals surface area contributed by atoms with Crippen LogP contribution in [0.25, 0.3) is 0 Å². The Morgan fingerprint density at radius 2 is 2.06 bits per heavy atom. The van der Waals surface area contributed by atoms with E-state index in [0.717, 1.165) is 12.3 Å². The van der Waals surface area contributed by atoms with Crippen LogP contribution in [0.1, 0.15) is 39.6 Å². The van der Waals surface area contributed by atoms with Gasteiger partial charge in [0.1, 0.15) is 5.76 Å². The van der Waals surface area contributed by atoms with E-state index in [1.807, 2.05) is 24.5 Å². The Kier molecular flexibility index (Phi) is 3.69. The molecule has 17 heavy (non-hydrogen) atoms. The standard InChI is InChI=1S/C14H19NOS/c1-5-15-14(12-6-9(2)16-8-12)13-7-10(3)17-11(13)4/h6-8,14-15H,5H2,1-4H3. The van der Waals surface area contributed by atoms with E-state index in [0.29, 0.717) is 0 Å². The first-order chi connectivity index (χ1) is 8.11. The van der Waals surface area contributed by atoms with Crippen LogP contribution in [0.5, 0.6) is 0 Å². The molecule has 2 rings (SSSR count). The molecule has 0 fully saturated rings. The maximum absolute atomic E-state index is 5.42. The van der Waals surface area contributed by atoms with Crippen molar-refractivity contribution in [2.75, 3.05) is 6.54 Å². The summed E-state index contributed by atoms with van der Waals surface area (Å²) in [5, 5.41) is 3.53. The van der Waals surface area contributed by atoms with Gasteiger partial charge in [-0.05, 0) is 45.0 Å². The van der Waals surface area contributed by atoms with Crippen molar-refractivity contribution in [1.82, 2.24) is 5.32 Å². The Balaban J connectivity index is 2.38. The van der Waals surface area contributed by atoms with Crippen molar-refractivity contribution in [1.29, 1.82) is 0 Å². The highest BCUT2D eigenvalue weighted by Gasteiger charge is 2.18. The van der Waals surface area contributed by atoms with Gasteiger partial charge in [-0.15, -0.1) is 11.3 Å². The molecule has 92 valence electrons. The van der Waals surface area contributed by atoms with E-state index >= 15 is 0 Å². The van der Waals surface area contributed by atoms with Gasteiger partial charge in [-0.2, -0.15) is 0 Å². The molecule has 3 heteroatoms. The van der Waals surface area contributed by atoms with Gasteiger partial charge in [0.05, 0.1) is 12.3 Å². The molecule has 2 nitrogen and oxygen atoms in total. The number of furan rings is 1. The Hall–Kier alpha value is -1.06. The van der Waals surface area contributed by atoms with Crippen molar-refractivity contribution in [3.8, 4) is 0 Å². The highest BCUT2D eigenvalue weighted by atomic mass is 32.1. The second kappa shape index (κ2) is 5.07. The van der Waals surface area contributed by atoms with E-state index < -0.39 is 0 Å². The molecule has 1 N–H and O–H groups in total. The second-order valence-corrected chi connectivity index (χ2v) is 5.81. The maximum atomic E-state index is 5.42. The van der Waals surface area contributed by atoms with Crippen molar-refractivity contribution in [2.45, 2.75) is 33.7 Å². The molecule has 0 aliphatic rings. The molecule has 2 aromatic heterocycles. The number of thiophene rings is 1. The molecule has 0 bridgehead atoms. The minimum absolute atomic E-state index is 0.252. The third-order valence-corrected chi connectivity index (χ3v) is 3.86. The molecule has 1 unspecified atom stereocenters. The fourth-order valence-electron chi connectivity index (χ4n) is 2.16. The Bertz CT molecular complexity index is 498. The van der Waals surface area contributed by atoms with E-state index in [4.69, 9.17) is 4.42 Å². The lowest BCUT2D eigenvalue weighted by Gasteiger charge is -2.16. The topological polar surface area (TPSA) is 25.2 Å². The van der Waals surface area contributed by atoms with Gasteiger partial charge in [0.15, 0.2) is 0 Å². The van der Waals surface area contributed by atoms with E-state index in [-0.39, 0.29) is 6.04 Å². The van der Waals surface area contributed by atoms with Crippen LogP contribution in [0.2, 0.25) is 0 Å². The van der Waals surface area contributed by atoms with Crippen molar-refractivity contribution >= 4 is 11.3 Å². The fraction of sp³-hybridized carbons (Fsp3) is 0.429. The first-order valence-corrected chi connectivity index (χ1v) is 6.78. The Morgan fingerprint density at radius 1 is 1.29 bits per heavy atom. The normalized spacial score (nSPS) is 12.9. The molecule has 0 radical (unpaired) electrons. The van der Waals surface area contributed by atoms with Gasteiger partial charge in [0.25, 0.3) is 0 Å². The summed E-state index contributed by atoms with van der Waals surface area (Å²) < 4.78 is 5.42. The highest BCUT2D eigenvalue weighted by Crippen LogP contribution is 2.31. The minimum Gasteiger partial charge on any atom is -0.469 e. The minimum atomic E-state index is 0.252. The van der Waals surface area contributed by atoms with Crippen LogP contribution in [-0.4, -0.2) is 6.54 Å². The third kappa shape index (κ3) is 2.61. The zero-order valence-electron chi connectivity index (χ0n) is 10.8. The molecule has 0 amide bonds. The largest absolute Gasteiger partial charge is 0.469 e. The summed E-state index contributed by atoms with van der Waals surface area (Å²) in [4.78, 5) is 2.74. The highest BCUT2D eigenvalue weighted by molar-refractivity contribution is 7.12. The average molecular weight is 249 g/mol. The molecular weight excluding hydrogens is 230 g/mol. The van der Waals surface area contributed by atoms with Crippen LogP contribution in [0.15, 0.2) is 22.8 Å². The smallest absolute Gasteiger partial charge is 0.101 e. The molecule has 0 aromatic carbocycles. The maximum Gasteiger partial charge on any atom is 0.101 e. The zero-order valence-corrected chi connectivity index (χ0v) is 11.6. The zero-order chi connectivity index (χ0) is 12.4. The Labute approximate surface area is 107 Å². The van der Waals surface area contributed by atoms with Gasteiger partial charge < -0.3 is 9.73 Å². The van der Waals surface area contributed by atoms with Gasteiger partial charge in [-0.3, -0.25) is 0 Å². The first-order valence-electron chi connectivity index (χ1n) is 5.97. The molecular formula is C14H19NOS. The lowest BCUT2D eigenvalue weighted by Crippen LogP contribution is -2.21. The van der Waals surface area contributed by atoms with Gasteiger partial charge in [-0.1, -0.05) is 6.92 Å². The number of rotatable bonds is 4. The van der Waals surface area contributed by atoms with E-state index in [1.54, 1.807) is 0 Å². The van der Waals surface area contributed by atoms with Crippen LogP contribution < -0.4 is 5.32 Å². The van der Waals surface area contributed by atoms with Crippen LogP contribution in [0.4, 0.5) is 0 Å². The monoisotopic (exact) mass is 249 g/mol. The van der Waals surface area contributed by atoms with Crippen molar-refractivity contribution in [3.63, 3.8) is 0 Å². The first kappa shape index (κ1) is 12.4. The summed E-state index contributed by atoms with van der Waals surface area (Å²) >= 11 is 1.85. The number of hydrogen-bond acceptors (Lipinski definition) is 3. The summed E-state index contributed by atoms with van der Waals surface area (Å²) in [6, 6.07) is 4.64. The fourth-order valence-corrected chi connectivity index (χ4v) is 3.13. The number of hydrogen-bond donors (Lipinski definition) is 1. The lowest BCUT2D eigenvalue weighted by molar-refractivity contribution is 0.525. The average Bonchev–Trinajstić information content (AvgIpc) is 2.82. The quantitative estimate of drug-likeness (QED) is 0.887. The van der Waals surface area contributed by atoms with E-state index in [1.165, 1.54) is 20.9 Å². The second-order valence-electron chi connectivity index (χ2n) is 4.35. The molecule has 0 saturated heterocycles. The predicted molar refractivity (Wildman–Crippen MR) is 72.8 cm³/mol. The molecule has 0 aliphatic heterocycles. The summed E-state index contributed by atoms with van der Waals surface area (Å²) in [6.07, 6.45) is 1.86. The molecule has 0 aliphatic carbocycles. The summed E-state index contributed by atoms with van der Waals surface area (Å²) in [7, 11) is 0. The van der Waals surface area contributed by atoms with Crippen LogP contribution >= 0.6 is 11.3 Å². The summed E-state index contributed by atoms with van der Waals surface area (Å²) in [6.45, 7) is 9.41. The van der Waals surface area contributed by atoms with Gasteiger partial charge >= 0.3 is 0 Å². The lowest BCUT2D eigenvalue weighted by atomic mass is 10.0. The van der Waals surface area contributed by atoms with Crippen molar-refractivity contribution in [2.24, 2.45) is 0 Å². The van der Waals surface area contributed by atoms with Gasteiger partial charge in [0.2, 0.25) is 0 Å². The molecule has 2 heterocycles. The number of aryl methyl sites for hydroxylation is 3. The van der Waals surface area contributed by atoms with Gasteiger partial charge in [0, 0.05) is 15.3 Å². The molecule has 2 aromatic rings. The molecule has 0 saturated carbocycles. The molecule has 1 atom stereocenters. The Morgan fingerprint density at radius 3 is 2.53 bits per heavy atom. The van der Waals surface area contributed by atoms with Crippen LogP contribution in [0, 0.1) is 20.8 Å². The summed E-state index contributed by atoms with van der Waals surface area (Å²) in [5.41, 5.74) is 2.58. The predicted octanol–water partition coefficient (Wildman–Crippen LogP) is 3.97. The third-order valence-electron chi connectivity index (χ3n) is 2.88. The molecule has 0 spiro atoms. The van der Waals surface area contributed by atoms with E-state index in [9.17, 15) is 0 Å². The number of nitrogens with one attached hydrogen (secondary N) is 1. The SMILES string of the molecule is CCNC(c1coc(C)c1)c1cc(C)sc1C. The van der Waals surface area contributed by atoms with Crippen LogP contribution in [0.3, 0.4) is 0 Å². The van der Waals surface area contributed by atoms with Crippen molar-refractivity contribution < 1.29 is 4.42 Å². The summed E-state index contributed by atoms with van der Waals surface area (Å²) in [5.74, 6) is 0.965. The van der Waals surface area contributed by atoms with Crippen LogP contribution in [-0.2, 0) is 0 Å². The van der Waals surface area contributed by atoms with Crippen molar-refractivity contribution in [3.05, 3.63) is 45.0 Å². The van der Waals surface area contributed by atoms with E-state index in [2.05, 4.69) is 38.2 Å².